The van der Waals surface area contributed by atoms with Gasteiger partial charge in [0, 0.05) is 20.1 Å². The Bertz CT molecular complexity index is 795. The largest absolute Gasteiger partial charge is 0.340 e. The Labute approximate surface area is 167 Å². The number of carbonyl (C=O) groups is 2. The number of nitrogens with zero attached hydrogens (tertiary/aromatic N) is 2. The minimum absolute atomic E-state index is 0.0410. The predicted molar refractivity (Wildman–Crippen MR) is 106 cm³/mol. The van der Waals surface area contributed by atoms with Gasteiger partial charge in [0.05, 0.1) is 14.9 Å². The molecule has 0 radical (unpaired) electrons. The molecule has 1 aromatic carbocycles. The number of hydrogen-bond donors (Lipinski definition) is 0. The number of amides is 2. The summed E-state index contributed by atoms with van der Waals surface area (Å²) in [5, 5.41) is 2.84. The van der Waals surface area contributed by atoms with Gasteiger partial charge in [0.15, 0.2) is 0 Å². The highest BCUT2D eigenvalue weighted by Gasteiger charge is 2.34. The van der Waals surface area contributed by atoms with Crippen LogP contribution in [-0.4, -0.2) is 41.2 Å². The Kier molecular flexibility index (Phi) is 6.22. The zero-order valence-electron chi connectivity index (χ0n) is 14.5. The van der Waals surface area contributed by atoms with Gasteiger partial charge < -0.3 is 9.80 Å². The van der Waals surface area contributed by atoms with E-state index in [1.54, 1.807) is 29.0 Å². The van der Waals surface area contributed by atoms with Crippen LogP contribution in [-0.2, 0) is 11.3 Å². The predicted octanol–water partition coefficient (Wildman–Crippen LogP) is 4.71. The average Bonchev–Trinajstić information content (AvgIpc) is 3.18. The van der Waals surface area contributed by atoms with E-state index in [-0.39, 0.29) is 11.8 Å². The molecule has 1 aromatic heterocycles. The Morgan fingerprint density at radius 3 is 2.73 bits per heavy atom. The lowest BCUT2D eigenvalue weighted by molar-refractivity contribution is -0.136. The van der Waals surface area contributed by atoms with E-state index in [1.807, 2.05) is 23.6 Å². The van der Waals surface area contributed by atoms with Crippen molar-refractivity contribution in [1.29, 1.82) is 0 Å². The number of likely N-dealkylation sites (tertiary alicyclic amines) is 1. The first-order valence-electron chi connectivity index (χ1n) is 8.50. The third-order valence-corrected chi connectivity index (χ3v) is 6.16. The second-order valence-electron chi connectivity index (χ2n) is 6.43. The molecule has 1 fully saturated rings. The molecule has 138 valence electrons. The molecule has 0 spiro atoms. The molecule has 4 nitrogen and oxygen atoms in total. The zero-order chi connectivity index (χ0) is 18.7. The normalized spacial score (nSPS) is 17.2. The summed E-state index contributed by atoms with van der Waals surface area (Å²) in [4.78, 5) is 29.8. The molecule has 1 atom stereocenters. The first-order valence-corrected chi connectivity index (χ1v) is 10.1. The number of thiophene rings is 1. The molecule has 0 aliphatic carbocycles. The van der Waals surface area contributed by atoms with Gasteiger partial charge >= 0.3 is 0 Å². The molecule has 7 heteroatoms. The van der Waals surface area contributed by atoms with Gasteiger partial charge in [-0.05, 0) is 48.4 Å². The van der Waals surface area contributed by atoms with E-state index in [1.165, 1.54) is 11.3 Å². The van der Waals surface area contributed by atoms with Gasteiger partial charge in [-0.2, -0.15) is 0 Å². The molecular formula is C19H20Cl2N2O2S. The lowest BCUT2D eigenvalue weighted by atomic mass is 10.0. The second-order valence-corrected chi connectivity index (χ2v) is 8.19. The summed E-state index contributed by atoms with van der Waals surface area (Å²) in [6.07, 6.45) is 2.57. The maximum atomic E-state index is 13.0. The number of rotatable bonds is 4. The lowest BCUT2D eigenvalue weighted by Gasteiger charge is -2.36. The van der Waals surface area contributed by atoms with Crippen LogP contribution in [0.2, 0.25) is 10.0 Å². The van der Waals surface area contributed by atoms with Crippen LogP contribution in [0.3, 0.4) is 0 Å². The standard InChI is InChI=1S/C19H20Cl2N2O2S/c1-22(12-13-7-8-14(20)15(21)11-13)18(24)16-5-2-3-9-23(16)19(25)17-6-4-10-26-17/h4,6-8,10-11,16H,2-3,5,9,12H2,1H3. The summed E-state index contributed by atoms with van der Waals surface area (Å²) < 4.78 is 0. The molecule has 2 amide bonds. The highest BCUT2D eigenvalue weighted by molar-refractivity contribution is 7.12. The van der Waals surface area contributed by atoms with E-state index in [9.17, 15) is 9.59 Å². The van der Waals surface area contributed by atoms with Crippen molar-refractivity contribution in [3.05, 3.63) is 56.2 Å². The van der Waals surface area contributed by atoms with Gasteiger partial charge in [-0.3, -0.25) is 9.59 Å². The topological polar surface area (TPSA) is 40.6 Å². The number of benzene rings is 1. The van der Waals surface area contributed by atoms with Crippen molar-refractivity contribution in [2.75, 3.05) is 13.6 Å². The quantitative estimate of drug-likeness (QED) is 0.731. The van der Waals surface area contributed by atoms with Crippen LogP contribution in [0, 0.1) is 0 Å². The first kappa shape index (κ1) is 19.2. The molecule has 0 N–H and O–H groups in total. The first-order chi connectivity index (χ1) is 12.5. The van der Waals surface area contributed by atoms with Crippen LogP contribution in [0.5, 0.6) is 0 Å². The number of halogens is 2. The molecule has 1 aliphatic rings. The van der Waals surface area contributed by atoms with E-state index in [2.05, 4.69) is 0 Å². The highest BCUT2D eigenvalue weighted by atomic mass is 35.5. The van der Waals surface area contributed by atoms with Crippen LogP contribution in [0.1, 0.15) is 34.5 Å². The van der Waals surface area contributed by atoms with Crippen molar-refractivity contribution in [2.24, 2.45) is 0 Å². The van der Waals surface area contributed by atoms with Gasteiger partial charge in [0.25, 0.3) is 5.91 Å². The molecular weight excluding hydrogens is 391 g/mol. The van der Waals surface area contributed by atoms with Gasteiger partial charge in [-0.1, -0.05) is 35.3 Å². The molecule has 1 unspecified atom stereocenters. The number of carbonyl (C=O) groups excluding carboxylic acids is 2. The van der Waals surface area contributed by atoms with Crippen molar-refractivity contribution in [1.82, 2.24) is 9.80 Å². The molecule has 0 bridgehead atoms. The van der Waals surface area contributed by atoms with Crippen molar-refractivity contribution in [3.8, 4) is 0 Å². The van der Waals surface area contributed by atoms with Crippen LogP contribution in [0.25, 0.3) is 0 Å². The third kappa shape index (κ3) is 4.22. The van der Waals surface area contributed by atoms with Gasteiger partial charge in [-0.15, -0.1) is 11.3 Å². The summed E-state index contributed by atoms with van der Waals surface area (Å²) in [5.41, 5.74) is 0.905. The molecule has 0 saturated carbocycles. The maximum Gasteiger partial charge on any atom is 0.264 e. The van der Waals surface area contributed by atoms with Crippen molar-refractivity contribution < 1.29 is 9.59 Å². The average molecular weight is 411 g/mol. The van der Waals surface area contributed by atoms with Crippen molar-refractivity contribution in [3.63, 3.8) is 0 Å². The molecule has 1 aliphatic heterocycles. The third-order valence-electron chi connectivity index (χ3n) is 4.56. The van der Waals surface area contributed by atoms with Gasteiger partial charge in [0.1, 0.15) is 6.04 Å². The highest BCUT2D eigenvalue weighted by Crippen LogP contribution is 2.25. The van der Waals surface area contributed by atoms with E-state index < -0.39 is 6.04 Å². The molecule has 26 heavy (non-hydrogen) atoms. The van der Waals surface area contributed by atoms with Crippen LogP contribution in [0.4, 0.5) is 0 Å². The Morgan fingerprint density at radius 1 is 1.23 bits per heavy atom. The van der Waals surface area contributed by atoms with E-state index in [0.717, 1.165) is 18.4 Å². The van der Waals surface area contributed by atoms with E-state index in [0.29, 0.717) is 34.4 Å². The zero-order valence-corrected chi connectivity index (χ0v) is 16.8. The fraction of sp³-hybridized carbons (Fsp3) is 0.368. The summed E-state index contributed by atoms with van der Waals surface area (Å²) >= 11 is 13.4. The SMILES string of the molecule is CN(Cc1ccc(Cl)c(Cl)c1)C(=O)C1CCCCN1C(=O)c1cccs1. The maximum absolute atomic E-state index is 13.0. The minimum Gasteiger partial charge on any atom is -0.340 e. The molecule has 2 aromatic rings. The molecule has 2 heterocycles. The monoisotopic (exact) mass is 410 g/mol. The van der Waals surface area contributed by atoms with Crippen LogP contribution < -0.4 is 0 Å². The van der Waals surface area contributed by atoms with Gasteiger partial charge in [0.2, 0.25) is 5.91 Å². The van der Waals surface area contributed by atoms with Gasteiger partial charge in [-0.25, -0.2) is 0 Å². The summed E-state index contributed by atoms with van der Waals surface area (Å²) in [6, 6.07) is 8.60. The minimum atomic E-state index is -0.411. The summed E-state index contributed by atoms with van der Waals surface area (Å²) in [6.45, 7) is 1.04. The molecule has 1 saturated heterocycles. The van der Waals surface area contributed by atoms with Crippen LogP contribution in [0.15, 0.2) is 35.7 Å². The number of hydrogen-bond acceptors (Lipinski definition) is 3. The molecule has 3 rings (SSSR count). The lowest BCUT2D eigenvalue weighted by Crippen LogP contribution is -2.52. The Morgan fingerprint density at radius 2 is 2.04 bits per heavy atom. The van der Waals surface area contributed by atoms with Crippen molar-refractivity contribution >= 4 is 46.4 Å². The number of likely N-dealkylation sites (N-methyl/N-ethyl adjacent to an activating group) is 1. The van der Waals surface area contributed by atoms with Crippen LogP contribution >= 0.6 is 34.5 Å². The van der Waals surface area contributed by atoms with E-state index >= 15 is 0 Å². The smallest absolute Gasteiger partial charge is 0.264 e. The van der Waals surface area contributed by atoms with Crippen molar-refractivity contribution in [2.45, 2.75) is 31.8 Å². The number of piperidine rings is 1. The fourth-order valence-electron chi connectivity index (χ4n) is 3.22. The summed E-state index contributed by atoms with van der Waals surface area (Å²) in [7, 11) is 1.76. The second kappa shape index (κ2) is 8.42. The Hall–Kier alpha value is -1.56. The van der Waals surface area contributed by atoms with E-state index in [4.69, 9.17) is 23.2 Å². The summed E-state index contributed by atoms with van der Waals surface area (Å²) in [5.74, 6) is -0.0957. The fourth-order valence-corrected chi connectivity index (χ4v) is 4.22. The Balaban J connectivity index is 1.73.